The Morgan fingerprint density at radius 1 is 0.923 bits per heavy atom. The van der Waals surface area contributed by atoms with E-state index in [1.54, 1.807) is 20.3 Å². The van der Waals surface area contributed by atoms with Crippen LogP contribution >= 0.6 is 0 Å². The van der Waals surface area contributed by atoms with Crippen molar-refractivity contribution in [2.24, 2.45) is 0 Å². The Hall–Kier alpha value is -2.69. The van der Waals surface area contributed by atoms with Gasteiger partial charge in [0.25, 0.3) is 0 Å². The number of hydrogen-bond donors (Lipinski definition) is 1. The Labute approximate surface area is 155 Å². The Balaban J connectivity index is 1.89. The number of rotatable bonds is 7. The first-order chi connectivity index (χ1) is 12.3. The molecule has 2 rings (SSSR count). The molecule has 5 heteroatoms. The van der Waals surface area contributed by atoms with Crippen LogP contribution in [0.3, 0.4) is 0 Å². The largest absolute Gasteiger partial charge is 0.493 e. The molecule has 0 aromatic heterocycles. The van der Waals surface area contributed by atoms with E-state index in [1.807, 2.05) is 57.2 Å². The lowest BCUT2D eigenvalue weighted by atomic mass is 10.1. The van der Waals surface area contributed by atoms with Crippen molar-refractivity contribution in [3.8, 4) is 17.2 Å². The fourth-order valence-electron chi connectivity index (χ4n) is 2.47. The van der Waals surface area contributed by atoms with Gasteiger partial charge in [0, 0.05) is 6.54 Å². The topological polar surface area (TPSA) is 56.8 Å². The highest BCUT2D eigenvalue weighted by Gasteiger charge is 2.12. The number of ether oxygens (including phenoxy) is 3. The summed E-state index contributed by atoms with van der Waals surface area (Å²) in [6.45, 7) is 6.50. The monoisotopic (exact) mass is 357 g/mol. The second kappa shape index (κ2) is 8.61. The van der Waals surface area contributed by atoms with Crippen molar-refractivity contribution in [1.82, 2.24) is 5.32 Å². The van der Waals surface area contributed by atoms with Gasteiger partial charge in [-0.15, -0.1) is 0 Å². The van der Waals surface area contributed by atoms with E-state index in [1.165, 1.54) is 0 Å². The van der Waals surface area contributed by atoms with E-state index >= 15 is 0 Å². The van der Waals surface area contributed by atoms with E-state index < -0.39 is 0 Å². The van der Waals surface area contributed by atoms with Crippen molar-refractivity contribution in [1.29, 1.82) is 0 Å². The highest BCUT2D eigenvalue weighted by atomic mass is 16.5. The van der Waals surface area contributed by atoms with Crippen LogP contribution < -0.4 is 19.5 Å². The van der Waals surface area contributed by atoms with Crippen LogP contribution in [0.25, 0.3) is 0 Å². The van der Waals surface area contributed by atoms with Crippen molar-refractivity contribution in [2.75, 3.05) is 14.2 Å². The molecule has 2 aromatic carbocycles. The average Bonchev–Trinajstić information content (AvgIpc) is 2.59. The molecule has 0 heterocycles. The molecule has 0 saturated carbocycles. The first-order valence-electron chi connectivity index (χ1n) is 8.56. The molecular formula is C21H27NO4. The maximum absolute atomic E-state index is 12.2. The van der Waals surface area contributed by atoms with Crippen LogP contribution in [0.15, 0.2) is 42.5 Å². The summed E-state index contributed by atoms with van der Waals surface area (Å²) in [5.74, 6) is 2.03. The van der Waals surface area contributed by atoms with E-state index in [0.29, 0.717) is 18.0 Å². The third kappa shape index (κ3) is 5.99. The molecule has 0 bridgehead atoms. The van der Waals surface area contributed by atoms with Gasteiger partial charge in [-0.2, -0.15) is 0 Å². The number of methoxy groups -OCH3 is 2. The van der Waals surface area contributed by atoms with Crippen molar-refractivity contribution in [3.05, 3.63) is 53.6 Å². The molecule has 0 atom stereocenters. The van der Waals surface area contributed by atoms with Gasteiger partial charge in [0.05, 0.1) is 20.6 Å². The van der Waals surface area contributed by atoms with Crippen LogP contribution in [0.4, 0.5) is 0 Å². The smallest absolute Gasteiger partial charge is 0.224 e. The fourth-order valence-corrected chi connectivity index (χ4v) is 2.47. The molecule has 5 nitrogen and oxygen atoms in total. The van der Waals surface area contributed by atoms with Gasteiger partial charge in [-0.05, 0) is 56.2 Å². The quantitative estimate of drug-likeness (QED) is 0.820. The van der Waals surface area contributed by atoms with Gasteiger partial charge in [0.2, 0.25) is 5.91 Å². The molecule has 0 radical (unpaired) electrons. The lowest BCUT2D eigenvalue weighted by Gasteiger charge is -2.21. The van der Waals surface area contributed by atoms with Crippen molar-refractivity contribution in [2.45, 2.75) is 39.3 Å². The van der Waals surface area contributed by atoms with Gasteiger partial charge < -0.3 is 19.5 Å². The van der Waals surface area contributed by atoms with Crippen LogP contribution in [-0.4, -0.2) is 25.7 Å². The molecule has 1 amide bonds. The summed E-state index contributed by atoms with van der Waals surface area (Å²) in [5.41, 5.74) is 1.66. The zero-order chi connectivity index (χ0) is 19.2. The van der Waals surface area contributed by atoms with Crippen molar-refractivity contribution < 1.29 is 19.0 Å². The highest BCUT2D eigenvalue weighted by Crippen LogP contribution is 2.27. The van der Waals surface area contributed by atoms with Gasteiger partial charge in [0.15, 0.2) is 11.5 Å². The molecule has 0 saturated heterocycles. The Morgan fingerprint density at radius 2 is 1.54 bits per heavy atom. The first-order valence-corrected chi connectivity index (χ1v) is 8.56. The first kappa shape index (κ1) is 19.6. The maximum atomic E-state index is 12.2. The summed E-state index contributed by atoms with van der Waals surface area (Å²) in [5, 5.41) is 2.93. The second-order valence-corrected chi connectivity index (χ2v) is 7.00. The van der Waals surface area contributed by atoms with Gasteiger partial charge in [-0.1, -0.05) is 18.2 Å². The Kier molecular flexibility index (Phi) is 6.50. The van der Waals surface area contributed by atoms with Crippen LogP contribution in [0, 0.1) is 0 Å². The van der Waals surface area contributed by atoms with E-state index in [0.717, 1.165) is 16.9 Å². The van der Waals surface area contributed by atoms with Crippen LogP contribution in [-0.2, 0) is 17.8 Å². The van der Waals surface area contributed by atoms with Gasteiger partial charge in [-0.25, -0.2) is 0 Å². The molecule has 2 aromatic rings. The molecule has 140 valence electrons. The van der Waals surface area contributed by atoms with E-state index in [9.17, 15) is 4.79 Å². The minimum atomic E-state index is -0.227. The summed E-state index contributed by atoms with van der Waals surface area (Å²) < 4.78 is 16.3. The molecule has 0 spiro atoms. The second-order valence-electron chi connectivity index (χ2n) is 7.00. The molecule has 0 aliphatic heterocycles. The minimum Gasteiger partial charge on any atom is -0.493 e. The van der Waals surface area contributed by atoms with E-state index in [-0.39, 0.29) is 17.9 Å². The highest BCUT2D eigenvalue weighted by molar-refractivity contribution is 5.78. The lowest BCUT2D eigenvalue weighted by molar-refractivity contribution is -0.120. The van der Waals surface area contributed by atoms with Crippen LogP contribution in [0.5, 0.6) is 17.2 Å². The number of benzene rings is 2. The molecule has 0 fully saturated rings. The average molecular weight is 357 g/mol. The predicted molar refractivity (Wildman–Crippen MR) is 102 cm³/mol. The minimum absolute atomic E-state index is 0.0489. The van der Waals surface area contributed by atoms with Gasteiger partial charge >= 0.3 is 0 Å². The third-order valence-electron chi connectivity index (χ3n) is 3.65. The predicted octanol–water partition coefficient (Wildman–Crippen LogP) is 3.74. The fraction of sp³-hybridized carbons (Fsp3) is 0.381. The maximum Gasteiger partial charge on any atom is 0.224 e. The van der Waals surface area contributed by atoms with Crippen molar-refractivity contribution >= 4 is 5.91 Å². The number of carbonyl (C=O) groups excluding carboxylic acids is 1. The molecule has 0 unspecified atom stereocenters. The Morgan fingerprint density at radius 3 is 2.12 bits per heavy atom. The summed E-state index contributed by atoms with van der Waals surface area (Å²) in [4.78, 5) is 12.2. The van der Waals surface area contributed by atoms with Crippen LogP contribution in [0.1, 0.15) is 31.9 Å². The number of carbonyl (C=O) groups is 1. The van der Waals surface area contributed by atoms with Gasteiger partial charge in [0.1, 0.15) is 11.4 Å². The van der Waals surface area contributed by atoms with Crippen molar-refractivity contribution in [3.63, 3.8) is 0 Å². The normalized spacial score (nSPS) is 11.0. The van der Waals surface area contributed by atoms with Gasteiger partial charge in [-0.3, -0.25) is 4.79 Å². The number of amides is 1. The molecule has 0 aliphatic rings. The summed E-state index contributed by atoms with van der Waals surface area (Å²) in [7, 11) is 3.16. The van der Waals surface area contributed by atoms with E-state index in [4.69, 9.17) is 14.2 Å². The van der Waals surface area contributed by atoms with E-state index in [2.05, 4.69) is 5.32 Å². The number of nitrogens with one attached hydrogen (secondary N) is 1. The molecule has 26 heavy (non-hydrogen) atoms. The zero-order valence-corrected chi connectivity index (χ0v) is 16.1. The molecule has 1 N–H and O–H groups in total. The lowest BCUT2D eigenvalue weighted by Crippen LogP contribution is -2.24. The molecular weight excluding hydrogens is 330 g/mol. The summed E-state index contributed by atoms with van der Waals surface area (Å²) in [6, 6.07) is 13.2. The molecule has 0 aliphatic carbocycles. The standard InChI is InChI=1S/C21H27NO4/c1-21(2,3)26-17-9-6-15(7-10-17)14-22-20(23)13-16-8-11-18(24-4)19(12-16)25-5/h6-12H,13-14H2,1-5H3,(H,22,23). The SMILES string of the molecule is COc1ccc(CC(=O)NCc2ccc(OC(C)(C)C)cc2)cc1OC. The van der Waals surface area contributed by atoms with Crippen LogP contribution in [0.2, 0.25) is 0 Å². The number of hydrogen-bond acceptors (Lipinski definition) is 4. The third-order valence-corrected chi connectivity index (χ3v) is 3.65. The summed E-state index contributed by atoms with van der Waals surface area (Å²) in [6.07, 6.45) is 0.283. The zero-order valence-electron chi connectivity index (χ0n) is 16.1. The summed E-state index contributed by atoms with van der Waals surface area (Å²) >= 11 is 0. The Bertz CT molecular complexity index is 733.